The van der Waals surface area contributed by atoms with E-state index in [9.17, 15) is 9.59 Å². The van der Waals surface area contributed by atoms with E-state index in [1.165, 1.54) is 0 Å². The molecule has 1 N–H and O–H groups in total. The molecule has 1 aromatic heterocycles. The number of hydrogen-bond donors (Lipinski definition) is 1. The Kier molecular flexibility index (Phi) is 7.79. The summed E-state index contributed by atoms with van der Waals surface area (Å²) < 4.78 is 6.27. The van der Waals surface area contributed by atoms with Crippen molar-refractivity contribution in [2.75, 3.05) is 45.9 Å². The van der Waals surface area contributed by atoms with Gasteiger partial charge in [-0.3, -0.25) is 14.6 Å². The van der Waals surface area contributed by atoms with Gasteiger partial charge in [0, 0.05) is 50.6 Å². The van der Waals surface area contributed by atoms with Crippen molar-refractivity contribution in [3.63, 3.8) is 0 Å². The molecule has 7 heteroatoms. The summed E-state index contributed by atoms with van der Waals surface area (Å²) in [6.07, 6.45) is 10.0. The SMILES string of the molecule is CCN1CCC(CC(=O)N2CCC3(CC2)CC(CNC(=O)c2ccncc2)CCO3)CC1. The first-order valence-corrected chi connectivity index (χ1v) is 12.4. The van der Waals surface area contributed by atoms with Crippen LogP contribution in [0.1, 0.15) is 62.2 Å². The molecule has 0 radical (unpaired) electrons. The highest BCUT2D eigenvalue weighted by molar-refractivity contribution is 5.93. The van der Waals surface area contributed by atoms with Gasteiger partial charge in [0.2, 0.25) is 5.91 Å². The maximum Gasteiger partial charge on any atom is 0.251 e. The monoisotopic (exact) mass is 442 g/mol. The normalized spacial score (nSPS) is 24.4. The van der Waals surface area contributed by atoms with E-state index in [0.717, 1.165) is 77.9 Å². The molecule has 0 aliphatic carbocycles. The van der Waals surface area contributed by atoms with Crippen LogP contribution in [-0.2, 0) is 9.53 Å². The zero-order valence-corrected chi connectivity index (χ0v) is 19.4. The van der Waals surface area contributed by atoms with Crippen LogP contribution in [-0.4, -0.2) is 78.1 Å². The summed E-state index contributed by atoms with van der Waals surface area (Å²) in [7, 11) is 0. The molecule has 4 rings (SSSR count). The highest BCUT2D eigenvalue weighted by Crippen LogP contribution is 2.38. The number of amides is 2. The van der Waals surface area contributed by atoms with Crippen molar-refractivity contribution in [3.05, 3.63) is 30.1 Å². The second-order valence-electron chi connectivity index (χ2n) is 9.80. The molecule has 3 saturated heterocycles. The molecule has 4 heterocycles. The van der Waals surface area contributed by atoms with Crippen LogP contribution in [0.4, 0.5) is 0 Å². The Morgan fingerprint density at radius 3 is 2.50 bits per heavy atom. The first kappa shape index (κ1) is 23.2. The molecule has 1 spiro atoms. The van der Waals surface area contributed by atoms with Crippen LogP contribution in [0.2, 0.25) is 0 Å². The zero-order valence-electron chi connectivity index (χ0n) is 19.4. The number of ether oxygens (including phenoxy) is 1. The van der Waals surface area contributed by atoms with Crippen LogP contribution in [0.25, 0.3) is 0 Å². The van der Waals surface area contributed by atoms with Gasteiger partial charge >= 0.3 is 0 Å². The molecule has 1 atom stereocenters. The molecule has 0 aromatic carbocycles. The van der Waals surface area contributed by atoms with Gasteiger partial charge in [-0.25, -0.2) is 0 Å². The van der Waals surface area contributed by atoms with Crippen LogP contribution in [0.5, 0.6) is 0 Å². The standard InChI is InChI=1S/C25H38N4O3/c1-2-28-12-5-20(6-13-28)17-23(30)29-14-8-25(9-15-29)18-21(7-16-32-25)19-27-24(31)22-3-10-26-11-4-22/h3-4,10-11,20-21H,2,5-9,12-19H2,1H3,(H,27,31). The summed E-state index contributed by atoms with van der Waals surface area (Å²) in [6.45, 7) is 8.58. The number of piperidine rings is 2. The molecule has 1 aromatic rings. The van der Waals surface area contributed by atoms with E-state index < -0.39 is 0 Å². The predicted octanol–water partition coefficient (Wildman–Crippen LogP) is 2.72. The number of pyridine rings is 1. The van der Waals surface area contributed by atoms with Gasteiger partial charge in [0.05, 0.1) is 5.60 Å². The molecule has 176 valence electrons. The summed E-state index contributed by atoms with van der Waals surface area (Å²) in [4.78, 5) is 33.7. The van der Waals surface area contributed by atoms with Gasteiger partial charge in [0.25, 0.3) is 5.91 Å². The second kappa shape index (κ2) is 10.8. The van der Waals surface area contributed by atoms with Gasteiger partial charge in [0.1, 0.15) is 0 Å². The third-order valence-electron chi connectivity index (χ3n) is 7.73. The second-order valence-corrected chi connectivity index (χ2v) is 9.80. The summed E-state index contributed by atoms with van der Waals surface area (Å²) >= 11 is 0. The van der Waals surface area contributed by atoms with E-state index >= 15 is 0 Å². The van der Waals surface area contributed by atoms with Crippen LogP contribution in [0, 0.1) is 11.8 Å². The summed E-state index contributed by atoms with van der Waals surface area (Å²) in [6, 6.07) is 3.47. The summed E-state index contributed by atoms with van der Waals surface area (Å²) in [5, 5.41) is 3.08. The lowest BCUT2D eigenvalue weighted by Crippen LogP contribution is -2.52. The summed E-state index contributed by atoms with van der Waals surface area (Å²) in [5.41, 5.74) is 0.516. The predicted molar refractivity (Wildman–Crippen MR) is 123 cm³/mol. The van der Waals surface area contributed by atoms with Crippen LogP contribution in [0.3, 0.4) is 0 Å². The van der Waals surface area contributed by atoms with Crippen LogP contribution in [0.15, 0.2) is 24.5 Å². The maximum absolute atomic E-state index is 12.9. The lowest BCUT2D eigenvalue weighted by molar-refractivity contribution is -0.147. The Balaban J connectivity index is 1.21. The van der Waals surface area contributed by atoms with Crippen LogP contribution < -0.4 is 5.32 Å². The van der Waals surface area contributed by atoms with E-state index in [-0.39, 0.29) is 11.5 Å². The fourth-order valence-electron chi connectivity index (χ4n) is 5.54. The average molecular weight is 443 g/mol. The number of nitrogens with one attached hydrogen (secondary N) is 1. The minimum absolute atomic E-state index is 0.0434. The molecular formula is C25H38N4O3. The van der Waals surface area contributed by atoms with Crippen LogP contribution >= 0.6 is 0 Å². The molecule has 0 saturated carbocycles. The number of carbonyl (C=O) groups is 2. The fourth-order valence-corrected chi connectivity index (χ4v) is 5.54. The van der Waals surface area contributed by atoms with Crippen molar-refractivity contribution in [2.45, 2.75) is 57.5 Å². The number of likely N-dealkylation sites (tertiary alicyclic amines) is 2. The average Bonchev–Trinajstić information content (AvgIpc) is 2.84. The maximum atomic E-state index is 12.9. The Bertz CT molecular complexity index is 756. The molecule has 32 heavy (non-hydrogen) atoms. The Labute approximate surface area is 191 Å². The first-order chi connectivity index (χ1) is 15.6. The van der Waals surface area contributed by atoms with Gasteiger partial charge in [-0.15, -0.1) is 0 Å². The molecule has 2 amide bonds. The molecule has 0 bridgehead atoms. The number of nitrogens with zero attached hydrogens (tertiary/aromatic N) is 3. The molecule has 3 aliphatic rings. The van der Waals surface area contributed by atoms with E-state index in [0.29, 0.717) is 36.3 Å². The quantitative estimate of drug-likeness (QED) is 0.733. The highest BCUT2D eigenvalue weighted by Gasteiger charge is 2.41. The number of hydrogen-bond acceptors (Lipinski definition) is 5. The van der Waals surface area contributed by atoms with E-state index in [1.807, 2.05) is 0 Å². The van der Waals surface area contributed by atoms with E-state index in [1.54, 1.807) is 24.5 Å². The number of carbonyl (C=O) groups excluding carboxylic acids is 2. The first-order valence-electron chi connectivity index (χ1n) is 12.4. The van der Waals surface area contributed by atoms with E-state index in [4.69, 9.17) is 4.74 Å². The van der Waals surface area contributed by atoms with Gasteiger partial charge in [-0.05, 0) is 82.1 Å². The largest absolute Gasteiger partial charge is 0.375 e. The lowest BCUT2D eigenvalue weighted by Gasteiger charge is -2.46. The van der Waals surface area contributed by atoms with Gasteiger partial charge in [0.15, 0.2) is 0 Å². The van der Waals surface area contributed by atoms with Crippen molar-refractivity contribution < 1.29 is 14.3 Å². The van der Waals surface area contributed by atoms with Crippen molar-refractivity contribution in [3.8, 4) is 0 Å². The number of aromatic nitrogens is 1. The third-order valence-corrected chi connectivity index (χ3v) is 7.73. The van der Waals surface area contributed by atoms with Gasteiger partial charge in [-0.1, -0.05) is 6.92 Å². The third kappa shape index (κ3) is 5.87. The molecule has 3 aliphatic heterocycles. The van der Waals surface area contributed by atoms with Crippen molar-refractivity contribution in [1.82, 2.24) is 20.1 Å². The topological polar surface area (TPSA) is 74.8 Å². The smallest absolute Gasteiger partial charge is 0.251 e. The molecular weight excluding hydrogens is 404 g/mol. The van der Waals surface area contributed by atoms with Gasteiger partial charge < -0.3 is 19.9 Å². The van der Waals surface area contributed by atoms with Crippen molar-refractivity contribution in [1.29, 1.82) is 0 Å². The molecule has 7 nitrogen and oxygen atoms in total. The minimum Gasteiger partial charge on any atom is -0.375 e. The number of rotatable bonds is 6. The minimum atomic E-state index is -0.131. The Morgan fingerprint density at radius 1 is 1.09 bits per heavy atom. The molecule has 3 fully saturated rings. The fraction of sp³-hybridized carbons (Fsp3) is 0.720. The lowest BCUT2D eigenvalue weighted by atomic mass is 9.79. The van der Waals surface area contributed by atoms with Gasteiger partial charge in [-0.2, -0.15) is 0 Å². The van der Waals surface area contributed by atoms with Crippen molar-refractivity contribution in [2.24, 2.45) is 11.8 Å². The Hall–Kier alpha value is -1.99. The van der Waals surface area contributed by atoms with Crippen molar-refractivity contribution >= 4 is 11.8 Å². The highest BCUT2D eigenvalue weighted by atomic mass is 16.5. The Morgan fingerprint density at radius 2 is 1.81 bits per heavy atom. The zero-order chi connectivity index (χ0) is 22.4. The van der Waals surface area contributed by atoms with E-state index in [2.05, 4.69) is 27.0 Å². The summed E-state index contributed by atoms with van der Waals surface area (Å²) in [5.74, 6) is 1.24. The molecule has 1 unspecified atom stereocenters.